The minimum Gasteiger partial charge on any atom is -0.368 e. The van der Waals surface area contributed by atoms with Crippen molar-refractivity contribution in [3.63, 3.8) is 0 Å². The summed E-state index contributed by atoms with van der Waals surface area (Å²) in [6, 6.07) is 11.1. The van der Waals surface area contributed by atoms with Gasteiger partial charge < -0.3 is 9.80 Å². The summed E-state index contributed by atoms with van der Waals surface area (Å²) in [7, 11) is -3.91. The number of anilines is 1. The molecule has 0 aliphatic carbocycles. The second kappa shape index (κ2) is 8.46. The Morgan fingerprint density at radius 3 is 2.36 bits per heavy atom. The second-order valence-electron chi connectivity index (χ2n) is 6.59. The molecule has 28 heavy (non-hydrogen) atoms. The second-order valence-corrected chi connectivity index (χ2v) is 8.74. The first-order chi connectivity index (χ1) is 13.3. The number of sulfonamides is 1. The van der Waals surface area contributed by atoms with Gasteiger partial charge in [0.2, 0.25) is 15.9 Å². The molecule has 1 amide bonds. The smallest absolute Gasteiger partial charge is 0.241 e. The highest BCUT2D eigenvalue weighted by Crippen LogP contribution is 2.21. The van der Waals surface area contributed by atoms with Crippen LogP contribution in [0, 0.1) is 5.82 Å². The van der Waals surface area contributed by atoms with Crippen LogP contribution in [0.3, 0.4) is 0 Å². The molecule has 3 rings (SSSR count). The van der Waals surface area contributed by atoms with Crippen molar-refractivity contribution in [3.05, 3.63) is 59.4 Å². The first-order valence-corrected chi connectivity index (χ1v) is 10.7. The molecule has 1 aliphatic rings. The predicted octanol–water partition coefficient (Wildman–Crippen LogP) is 2.49. The zero-order valence-corrected chi connectivity index (χ0v) is 16.9. The van der Waals surface area contributed by atoms with E-state index in [0.717, 1.165) is 17.8 Å². The molecule has 0 aromatic heterocycles. The number of nitrogens with zero attached hydrogens (tertiary/aromatic N) is 2. The van der Waals surface area contributed by atoms with E-state index in [2.05, 4.69) is 9.62 Å². The standard InChI is InChI=1S/C19H21ClFN3O3S/c1-14(22-28(26,27)18-7-5-16(21)6-8-18)19(25)24-11-9-23(10-12-24)17-4-2-3-15(20)13-17/h2-8,13-14,22H,9-12H2,1H3/t14-/m0/s1. The molecule has 1 atom stereocenters. The molecule has 1 heterocycles. The minimum atomic E-state index is -3.91. The zero-order valence-electron chi connectivity index (χ0n) is 15.3. The van der Waals surface area contributed by atoms with Gasteiger partial charge in [0.1, 0.15) is 5.82 Å². The van der Waals surface area contributed by atoms with Crippen molar-refractivity contribution in [2.75, 3.05) is 31.1 Å². The third-order valence-electron chi connectivity index (χ3n) is 4.59. The van der Waals surface area contributed by atoms with Crippen LogP contribution in [-0.4, -0.2) is 51.4 Å². The number of hydrogen-bond donors (Lipinski definition) is 1. The molecule has 1 aliphatic heterocycles. The van der Waals surface area contributed by atoms with Crippen molar-refractivity contribution >= 4 is 33.2 Å². The fraction of sp³-hybridized carbons (Fsp3) is 0.316. The molecule has 0 unspecified atom stereocenters. The predicted molar refractivity (Wildman–Crippen MR) is 106 cm³/mol. The maximum atomic E-state index is 13.0. The molecule has 0 spiro atoms. The van der Waals surface area contributed by atoms with Crippen LogP contribution >= 0.6 is 11.6 Å². The summed E-state index contributed by atoms with van der Waals surface area (Å²) < 4.78 is 40.1. The lowest BCUT2D eigenvalue weighted by atomic mass is 10.2. The largest absolute Gasteiger partial charge is 0.368 e. The Balaban J connectivity index is 1.59. The maximum Gasteiger partial charge on any atom is 0.241 e. The molecule has 6 nitrogen and oxygen atoms in total. The average molecular weight is 426 g/mol. The summed E-state index contributed by atoms with van der Waals surface area (Å²) >= 11 is 6.03. The summed E-state index contributed by atoms with van der Waals surface area (Å²) in [6.07, 6.45) is 0. The topological polar surface area (TPSA) is 69.7 Å². The summed E-state index contributed by atoms with van der Waals surface area (Å²) in [4.78, 5) is 16.3. The van der Waals surface area contributed by atoms with Crippen molar-refractivity contribution in [3.8, 4) is 0 Å². The van der Waals surface area contributed by atoms with Crippen LogP contribution in [0.25, 0.3) is 0 Å². The van der Waals surface area contributed by atoms with Crippen LogP contribution in [0.2, 0.25) is 5.02 Å². The highest BCUT2D eigenvalue weighted by Gasteiger charge is 2.28. The number of carbonyl (C=O) groups is 1. The van der Waals surface area contributed by atoms with Crippen LogP contribution in [0.4, 0.5) is 10.1 Å². The number of benzene rings is 2. The Kier molecular flexibility index (Phi) is 6.22. The molecule has 9 heteroatoms. The van der Waals surface area contributed by atoms with E-state index in [1.807, 2.05) is 18.2 Å². The number of halogens is 2. The first kappa shape index (κ1) is 20.6. The van der Waals surface area contributed by atoms with Crippen LogP contribution < -0.4 is 9.62 Å². The fourth-order valence-corrected chi connectivity index (χ4v) is 4.48. The number of nitrogens with one attached hydrogen (secondary N) is 1. The van der Waals surface area contributed by atoms with Gasteiger partial charge >= 0.3 is 0 Å². The third kappa shape index (κ3) is 4.81. The third-order valence-corrected chi connectivity index (χ3v) is 6.38. The highest BCUT2D eigenvalue weighted by molar-refractivity contribution is 7.89. The van der Waals surface area contributed by atoms with Gasteiger partial charge in [0.05, 0.1) is 10.9 Å². The Morgan fingerprint density at radius 2 is 1.75 bits per heavy atom. The fourth-order valence-electron chi connectivity index (χ4n) is 3.10. The molecule has 2 aromatic rings. The Labute approximate surface area is 168 Å². The first-order valence-electron chi connectivity index (χ1n) is 8.83. The van der Waals surface area contributed by atoms with Crippen molar-refractivity contribution in [2.24, 2.45) is 0 Å². The van der Waals surface area contributed by atoms with Gasteiger partial charge in [-0.05, 0) is 49.4 Å². The number of carbonyl (C=O) groups excluding carboxylic acids is 1. The molecule has 1 fully saturated rings. The van der Waals surface area contributed by atoms with E-state index in [1.54, 1.807) is 11.0 Å². The Bertz CT molecular complexity index is 945. The number of rotatable bonds is 5. The lowest BCUT2D eigenvalue weighted by molar-refractivity contribution is -0.132. The molecule has 0 bridgehead atoms. The average Bonchev–Trinajstić information content (AvgIpc) is 2.67. The molecule has 2 aromatic carbocycles. The molecular weight excluding hydrogens is 405 g/mol. The zero-order chi connectivity index (χ0) is 20.3. The lowest BCUT2D eigenvalue weighted by Gasteiger charge is -2.37. The van der Waals surface area contributed by atoms with Crippen molar-refractivity contribution < 1.29 is 17.6 Å². The molecule has 1 saturated heterocycles. The van der Waals surface area contributed by atoms with Gasteiger partial charge in [-0.3, -0.25) is 4.79 Å². The van der Waals surface area contributed by atoms with Gasteiger partial charge in [-0.1, -0.05) is 17.7 Å². The molecule has 0 radical (unpaired) electrons. The van der Waals surface area contributed by atoms with Crippen LogP contribution in [0.15, 0.2) is 53.4 Å². The highest BCUT2D eigenvalue weighted by atomic mass is 35.5. The summed E-state index contributed by atoms with van der Waals surface area (Å²) in [5.41, 5.74) is 0.990. The van der Waals surface area contributed by atoms with E-state index in [0.29, 0.717) is 31.2 Å². The van der Waals surface area contributed by atoms with E-state index in [1.165, 1.54) is 19.1 Å². The van der Waals surface area contributed by atoms with Gasteiger partial charge in [-0.25, -0.2) is 12.8 Å². The van der Waals surface area contributed by atoms with Gasteiger partial charge in [-0.15, -0.1) is 0 Å². The summed E-state index contributed by atoms with van der Waals surface area (Å²) in [5, 5.41) is 0.653. The van der Waals surface area contributed by atoms with Crippen molar-refractivity contribution in [1.82, 2.24) is 9.62 Å². The van der Waals surface area contributed by atoms with Crippen molar-refractivity contribution in [2.45, 2.75) is 17.9 Å². The maximum absolute atomic E-state index is 13.0. The quantitative estimate of drug-likeness (QED) is 0.799. The van der Waals surface area contributed by atoms with E-state index in [9.17, 15) is 17.6 Å². The minimum absolute atomic E-state index is 0.0840. The van der Waals surface area contributed by atoms with Gasteiger partial charge in [0, 0.05) is 36.9 Å². The van der Waals surface area contributed by atoms with Gasteiger partial charge in [0.15, 0.2) is 0 Å². The number of piperazine rings is 1. The van der Waals surface area contributed by atoms with E-state index < -0.39 is 21.9 Å². The normalized spacial score (nSPS) is 16.1. The Morgan fingerprint density at radius 1 is 1.11 bits per heavy atom. The molecule has 150 valence electrons. The SMILES string of the molecule is C[C@H](NS(=O)(=O)c1ccc(F)cc1)C(=O)N1CCN(c2cccc(Cl)c2)CC1. The van der Waals surface area contributed by atoms with Gasteiger partial charge in [0.25, 0.3) is 0 Å². The van der Waals surface area contributed by atoms with Crippen molar-refractivity contribution in [1.29, 1.82) is 0 Å². The molecule has 0 saturated carbocycles. The summed E-state index contributed by atoms with van der Waals surface area (Å²) in [5.74, 6) is -0.822. The number of hydrogen-bond acceptors (Lipinski definition) is 4. The van der Waals surface area contributed by atoms with Crippen LogP contribution in [0.1, 0.15) is 6.92 Å². The molecular formula is C19H21ClFN3O3S. The van der Waals surface area contributed by atoms with E-state index in [-0.39, 0.29) is 10.8 Å². The van der Waals surface area contributed by atoms with Gasteiger partial charge in [-0.2, -0.15) is 4.72 Å². The lowest BCUT2D eigenvalue weighted by Crippen LogP contribution is -2.54. The van der Waals surface area contributed by atoms with E-state index in [4.69, 9.17) is 11.6 Å². The Hall–Kier alpha value is -2.16. The monoisotopic (exact) mass is 425 g/mol. The van der Waals surface area contributed by atoms with Crippen LogP contribution in [0.5, 0.6) is 0 Å². The molecule has 1 N–H and O–H groups in total. The van der Waals surface area contributed by atoms with E-state index >= 15 is 0 Å². The van der Waals surface area contributed by atoms with Crippen LogP contribution in [-0.2, 0) is 14.8 Å². The number of amides is 1. The summed E-state index contributed by atoms with van der Waals surface area (Å²) in [6.45, 7) is 3.72.